The van der Waals surface area contributed by atoms with Crippen LogP contribution in [-0.4, -0.2) is 18.8 Å². The monoisotopic (exact) mass is 228 g/mol. The molecule has 96 valence electrons. The van der Waals surface area contributed by atoms with Crippen molar-refractivity contribution in [1.82, 2.24) is 5.43 Å². The Morgan fingerprint density at radius 3 is 2.56 bits per heavy atom. The van der Waals surface area contributed by atoms with Crippen LogP contribution >= 0.6 is 0 Å². The second-order valence-electron chi connectivity index (χ2n) is 5.27. The molecule has 3 N–H and O–H groups in total. The van der Waals surface area contributed by atoms with Crippen LogP contribution in [0.2, 0.25) is 0 Å². The van der Waals surface area contributed by atoms with Crippen molar-refractivity contribution in [3.05, 3.63) is 0 Å². The number of hydrogen-bond acceptors (Lipinski definition) is 3. The lowest BCUT2D eigenvalue weighted by atomic mass is 9.74. The smallest absolute Gasteiger partial charge is 0.0639 e. The molecule has 0 aromatic carbocycles. The minimum Gasteiger partial charge on any atom is -0.377 e. The number of nitrogens with one attached hydrogen (secondary N) is 1. The summed E-state index contributed by atoms with van der Waals surface area (Å²) in [5.74, 6) is 7.20. The maximum Gasteiger partial charge on any atom is 0.0639 e. The molecule has 0 spiro atoms. The first-order chi connectivity index (χ1) is 7.69. The number of hydrogen-bond donors (Lipinski definition) is 2. The second-order valence-corrected chi connectivity index (χ2v) is 5.27. The lowest BCUT2D eigenvalue weighted by molar-refractivity contribution is 0.0310. The van der Waals surface area contributed by atoms with E-state index >= 15 is 0 Å². The van der Waals surface area contributed by atoms with E-state index in [0.29, 0.717) is 18.1 Å². The van der Waals surface area contributed by atoms with Crippen molar-refractivity contribution in [2.45, 2.75) is 65.0 Å². The van der Waals surface area contributed by atoms with Crippen molar-refractivity contribution < 1.29 is 4.74 Å². The summed E-state index contributed by atoms with van der Waals surface area (Å²) < 4.78 is 5.70. The highest BCUT2D eigenvalue weighted by atomic mass is 16.5. The Morgan fingerprint density at radius 1 is 1.31 bits per heavy atom. The molecule has 1 fully saturated rings. The Morgan fingerprint density at radius 2 is 2.00 bits per heavy atom. The molecule has 3 unspecified atom stereocenters. The van der Waals surface area contributed by atoms with Crippen LogP contribution in [0.25, 0.3) is 0 Å². The SMILES string of the molecule is CCC1CCCCC1C(COC(C)C)NN. The average molecular weight is 228 g/mol. The van der Waals surface area contributed by atoms with Crippen LogP contribution in [0.4, 0.5) is 0 Å². The van der Waals surface area contributed by atoms with Crippen LogP contribution < -0.4 is 11.3 Å². The maximum atomic E-state index is 5.70. The highest BCUT2D eigenvalue weighted by Gasteiger charge is 2.30. The van der Waals surface area contributed by atoms with Crippen LogP contribution in [0.15, 0.2) is 0 Å². The van der Waals surface area contributed by atoms with Gasteiger partial charge >= 0.3 is 0 Å². The van der Waals surface area contributed by atoms with E-state index < -0.39 is 0 Å². The molecule has 1 aliphatic rings. The molecule has 1 saturated carbocycles. The van der Waals surface area contributed by atoms with Crippen LogP contribution in [0.1, 0.15) is 52.9 Å². The predicted octanol–water partition coefficient (Wildman–Crippen LogP) is 2.46. The standard InChI is InChI=1S/C13H28N2O/c1-4-11-7-5-6-8-12(11)13(15-14)9-16-10(2)3/h10-13,15H,4-9,14H2,1-3H3. The molecular formula is C13H28N2O. The van der Waals surface area contributed by atoms with Gasteiger partial charge in [0.2, 0.25) is 0 Å². The Labute approximate surface area is 100 Å². The van der Waals surface area contributed by atoms with Crippen LogP contribution in [0.5, 0.6) is 0 Å². The Balaban J connectivity index is 2.48. The van der Waals surface area contributed by atoms with E-state index in [9.17, 15) is 0 Å². The van der Waals surface area contributed by atoms with E-state index in [1.165, 1.54) is 32.1 Å². The Kier molecular flexibility index (Phi) is 6.32. The zero-order chi connectivity index (χ0) is 12.0. The summed E-state index contributed by atoms with van der Waals surface area (Å²) in [6.07, 6.45) is 6.96. The van der Waals surface area contributed by atoms with Crippen LogP contribution in [0.3, 0.4) is 0 Å². The summed E-state index contributed by atoms with van der Waals surface area (Å²) in [5.41, 5.74) is 2.97. The zero-order valence-electron chi connectivity index (χ0n) is 11.0. The van der Waals surface area contributed by atoms with Crippen molar-refractivity contribution in [2.75, 3.05) is 6.61 Å². The first kappa shape index (κ1) is 13.9. The average Bonchev–Trinajstić information content (AvgIpc) is 2.30. The summed E-state index contributed by atoms with van der Waals surface area (Å²) >= 11 is 0. The van der Waals surface area contributed by atoms with Crippen molar-refractivity contribution in [3.8, 4) is 0 Å². The summed E-state index contributed by atoms with van der Waals surface area (Å²) in [6.45, 7) is 7.19. The van der Waals surface area contributed by atoms with Crippen molar-refractivity contribution >= 4 is 0 Å². The van der Waals surface area contributed by atoms with Gasteiger partial charge in [-0.2, -0.15) is 0 Å². The molecule has 0 heterocycles. The second kappa shape index (κ2) is 7.25. The molecule has 3 atom stereocenters. The van der Waals surface area contributed by atoms with Crippen molar-refractivity contribution in [2.24, 2.45) is 17.7 Å². The molecule has 0 aromatic rings. The van der Waals surface area contributed by atoms with Gasteiger partial charge in [0.1, 0.15) is 0 Å². The van der Waals surface area contributed by atoms with E-state index in [1.807, 2.05) is 0 Å². The van der Waals surface area contributed by atoms with Crippen molar-refractivity contribution in [1.29, 1.82) is 0 Å². The summed E-state index contributed by atoms with van der Waals surface area (Å²) in [7, 11) is 0. The van der Waals surface area contributed by atoms with Crippen LogP contribution in [-0.2, 0) is 4.74 Å². The van der Waals surface area contributed by atoms with E-state index in [-0.39, 0.29) is 0 Å². The topological polar surface area (TPSA) is 47.3 Å². The van der Waals surface area contributed by atoms with Gasteiger partial charge in [-0.05, 0) is 32.1 Å². The first-order valence-electron chi connectivity index (χ1n) is 6.76. The third-order valence-corrected chi connectivity index (χ3v) is 3.83. The lowest BCUT2D eigenvalue weighted by Gasteiger charge is -2.36. The summed E-state index contributed by atoms with van der Waals surface area (Å²) in [6, 6.07) is 0.327. The number of nitrogens with two attached hydrogens (primary N) is 1. The molecule has 0 bridgehead atoms. The van der Waals surface area contributed by atoms with Crippen LogP contribution in [0, 0.1) is 11.8 Å². The highest BCUT2D eigenvalue weighted by Crippen LogP contribution is 2.34. The van der Waals surface area contributed by atoms with Gasteiger partial charge in [0.05, 0.1) is 12.7 Å². The van der Waals surface area contributed by atoms with Gasteiger partial charge in [0, 0.05) is 6.04 Å². The van der Waals surface area contributed by atoms with Gasteiger partial charge in [-0.25, -0.2) is 0 Å². The lowest BCUT2D eigenvalue weighted by Crippen LogP contribution is -2.47. The fourth-order valence-corrected chi connectivity index (χ4v) is 2.86. The fourth-order valence-electron chi connectivity index (χ4n) is 2.86. The van der Waals surface area contributed by atoms with Gasteiger partial charge in [0.15, 0.2) is 0 Å². The van der Waals surface area contributed by atoms with E-state index in [1.54, 1.807) is 0 Å². The zero-order valence-corrected chi connectivity index (χ0v) is 11.0. The molecule has 0 radical (unpaired) electrons. The minimum atomic E-state index is 0.291. The Hall–Kier alpha value is -0.120. The maximum absolute atomic E-state index is 5.70. The largest absolute Gasteiger partial charge is 0.377 e. The van der Waals surface area contributed by atoms with E-state index in [4.69, 9.17) is 10.6 Å². The molecule has 3 heteroatoms. The quantitative estimate of drug-likeness (QED) is 0.542. The van der Waals surface area contributed by atoms with Crippen molar-refractivity contribution in [3.63, 3.8) is 0 Å². The van der Waals surface area contributed by atoms with E-state index in [2.05, 4.69) is 26.2 Å². The number of hydrazine groups is 1. The predicted molar refractivity (Wildman–Crippen MR) is 67.9 cm³/mol. The number of rotatable bonds is 6. The van der Waals surface area contributed by atoms with Gasteiger partial charge in [-0.1, -0.05) is 32.6 Å². The molecule has 0 aliphatic heterocycles. The molecule has 1 rings (SSSR count). The molecular weight excluding hydrogens is 200 g/mol. The summed E-state index contributed by atoms with van der Waals surface area (Å²) in [5, 5.41) is 0. The fraction of sp³-hybridized carbons (Fsp3) is 1.00. The molecule has 0 amide bonds. The number of ether oxygens (including phenoxy) is 1. The van der Waals surface area contributed by atoms with Gasteiger partial charge < -0.3 is 4.74 Å². The van der Waals surface area contributed by atoms with Gasteiger partial charge in [-0.3, -0.25) is 11.3 Å². The highest BCUT2D eigenvalue weighted by molar-refractivity contribution is 4.83. The summed E-state index contributed by atoms with van der Waals surface area (Å²) in [4.78, 5) is 0. The Bertz CT molecular complexity index is 185. The third-order valence-electron chi connectivity index (χ3n) is 3.83. The molecule has 0 saturated heterocycles. The molecule has 16 heavy (non-hydrogen) atoms. The third kappa shape index (κ3) is 4.04. The molecule has 1 aliphatic carbocycles. The normalized spacial score (nSPS) is 28.3. The minimum absolute atomic E-state index is 0.291. The van der Waals surface area contributed by atoms with Gasteiger partial charge in [0.25, 0.3) is 0 Å². The van der Waals surface area contributed by atoms with Gasteiger partial charge in [-0.15, -0.1) is 0 Å². The van der Waals surface area contributed by atoms with E-state index in [0.717, 1.165) is 12.5 Å². The molecule has 0 aromatic heterocycles. The first-order valence-corrected chi connectivity index (χ1v) is 6.76. The molecule has 3 nitrogen and oxygen atoms in total.